The van der Waals surface area contributed by atoms with E-state index in [4.69, 9.17) is 4.43 Å². The molecule has 3 fully saturated rings. The van der Waals surface area contributed by atoms with Gasteiger partial charge in [0.1, 0.15) is 5.78 Å². The van der Waals surface area contributed by atoms with Crippen LogP contribution < -0.4 is 0 Å². The quantitative estimate of drug-likeness (QED) is 0.370. The second-order valence-electron chi connectivity index (χ2n) is 10.7. The number of Topliss-reactive ketones (excluding diaryl/α,β-unsaturated/α-hetero) is 1. The number of fused-ring (bicyclic) bond motifs is 1. The predicted octanol–water partition coefficient (Wildman–Crippen LogP) is 6.35. The van der Waals surface area contributed by atoms with E-state index in [9.17, 15) is 4.79 Å². The monoisotopic (exact) mass is 364 g/mol. The van der Waals surface area contributed by atoms with Gasteiger partial charge in [-0.25, -0.2) is 0 Å². The van der Waals surface area contributed by atoms with E-state index in [0.717, 1.165) is 18.8 Å². The standard InChI is InChI=1S/C22H40O2Si/c1-17(24-25(3,4)5)9-6-7-14-22(15-16-22)20-12-11-18-19(23)10-8-13-21(18,20)2/h17-18,20H,6-16H2,1-5H3/t17?,18-,20-,21-/m0/s1. The molecule has 0 N–H and O–H groups in total. The molecule has 3 heteroatoms. The molecular weight excluding hydrogens is 324 g/mol. The number of carbonyl (C=O) groups is 1. The third kappa shape index (κ3) is 4.23. The van der Waals surface area contributed by atoms with E-state index >= 15 is 0 Å². The van der Waals surface area contributed by atoms with Gasteiger partial charge in [-0.15, -0.1) is 0 Å². The molecule has 3 saturated carbocycles. The fraction of sp³-hybridized carbons (Fsp3) is 0.955. The molecule has 0 aromatic rings. The summed E-state index contributed by atoms with van der Waals surface area (Å²) in [6, 6.07) is 0. The van der Waals surface area contributed by atoms with Crippen molar-refractivity contribution in [2.24, 2.45) is 22.7 Å². The summed E-state index contributed by atoms with van der Waals surface area (Å²) in [5.74, 6) is 1.81. The van der Waals surface area contributed by atoms with E-state index in [0.29, 0.717) is 28.6 Å². The van der Waals surface area contributed by atoms with E-state index in [2.05, 4.69) is 33.5 Å². The largest absolute Gasteiger partial charge is 0.415 e. The van der Waals surface area contributed by atoms with Gasteiger partial charge in [-0.1, -0.05) is 19.8 Å². The van der Waals surface area contributed by atoms with Crippen molar-refractivity contribution in [1.82, 2.24) is 0 Å². The first-order valence-corrected chi connectivity index (χ1v) is 14.3. The van der Waals surface area contributed by atoms with Crippen molar-refractivity contribution in [2.45, 2.75) is 110 Å². The summed E-state index contributed by atoms with van der Waals surface area (Å²) in [7, 11) is -1.39. The Bertz CT molecular complexity index is 491. The third-order valence-corrected chi connectivity index (χ3v) is 8.69. The van der Waals surface area contributed by atoms with Crippen LogP contribution in [0.15, 0.2) is 0 Å². The van der Waals surface area contributed by atoms with Gasteiger partial charge in [0.15, 0.2) is 8.32 Å². The van der Waals surface area contributed by atoms with Crippen LogP contribution in [0.1, 0.15) is 84.5 Å². The lowest BCUT2D eigenvalue weighted by Crippen LogP contribution is -2.40. The van der Waals surface area contributed by atoms with E-state index < -0.39 is 8.32 Å². The minimum absolute atomic E-state index is 0.333. The van der Waals surface area contributed by atoms with Crippen LogP contribution in [0.2, 0.25) is 19.6 Å². The molecule has 0 aromatic carbocycles. The molecular formula is C22H40O2Si. The fourth-order valence-electron chi connectivity index (χ4n) is 6.44. The zero-order chi connectivity index (χ0) is 18.3. The van der Waals surface area contributed by atoms with Crippen LogP contribution in [0, 0.1) is 22.7 Å². The Morgan fingerprint density at radius 3 is 2.52 bits per heavy atom. The van der Waals surface area contributed by atoms with Crippen molar-refractivity contribution < 1.29 is 9.22 Å². The Kier molecular flexibility index (Phi) is 5.57. The minimum atomic E-state index is -1.39. The number of hydrogen-bond donors (Lipinski definition) is 0. The number of carbonyl (C=O) groups excluding carboxylic acids is 1. The van der Waals surface area contributed by atoms with Gasteiger partial charge in [0, 0.05) is 18.4 Å². The van der Waals surface area contributed by atoms with Gasteiger partial charge >= 0.3 is 0 Å². The Morgan fingerprint density at radius 2 is 1.88 bits per heavy atom. The Balaban J connectivity index is 1.49. The summed E-state index contributed by atoms with van der Waals surface area (Å²) < 4.78 is 6.19. The SMILES string of the molecule is CC(CCCCC1([C@H]2CC[C@H]3C(=O)CCC[C@]23C)CC1)O[Si](C)(C)C. The number of ketones is 1. The van der Waals surface area contributed by atoms with Crippen LogP contribution in [0.4, 0.5) is 0 Å². The van der Waals surface area contributed by atoms with E-state index in [1.165, 1.54) is 57.8 Å². The zero-order valence-electron chi connectivity index (χ0n) is 17.3. The lowest BCUT2D eigenvalue weighted by molar-refractivity contribution is -0.130. The molecule has 1 unspecified atom stereocenters. The van der Waals surface area contributed by atoms with E-state index in [1.54, 1.807) is 0 Å². The molecule has 0 aromatic heterocycles. The van der Waals surface area contributed by atoms with Gasteiger partial charge < -0.3 is 4.43 Å². The minimum Gasteiger partial charge on any atom is -0.415 e. The molecule has 0 heterocycles. The van der Waals surface area contributed by atoms with Crippen molar-refractivity contribution in [3.63, 3.8) is 0 Å². The first-order chi connectivity index (χ1) is 11.7. The molecule has 0 aliphatic heterocycles. The first-order valence-electron chi connectivity index (χ1n) is 10.9. The van der Waals surface area contributed by atoms with Gasteiger partial charge in [0.05, 0.1) is 0 Å². The molecule has 25 heavy (non-hydrogen) atoms. The van der Waals surface area contributed by atoms with Crippen molar-refractivity contribution in [2.75, 3.05) is 0 Å². The maximum absolute atomic E-state index is 12.4. The molecule has 0 radical (unpaired) electrons. The Labute approximate surface area is 156 Å². The molecule has 3 aliphatic rings. The second-order valence-corrected chi connectivity index (χ2v) is 15.1. The molecule has 0 spiro atoms. The molecule has 0 amide bonds. The molecule has 3 rings (SSSR count). The van der Waals surface area contributed by atoms with Crippen LogP contribution in [-0.2, 0) is 9.22 Å². The number of rotatable bonds is 8. The average Bonchev–Trinajstić information content (AvgIpc) is 3.17. The maximum Gasteiger partial charge on any atom is 0.184 e. The van der Waals surface area contributed by atoms with Crippen LogP contribution in [0.5, 0.6) is 0 Å². The molecule has 2 nitrogen and oxygen atoms in total. The highest BCUT2D eigenvalue weighted by atomic mass is 28.4. The van der Waals surface area contributed by atoms with E-state index in [1.807, 2.05) is 0 Å². The second kappa shape index (κ2) is 7.11. The van der Waals surface area contributed by atoms with Gasteiger partial charge in [-0.2, -0.15) is 0 Å². The third-order valence-electron chi connectivity index (χ3n) is 7.58. The summed E-state index contributed by atoms with van der Waals surface area (Å²) in [4.78, 5) is 12.4. The number of hydrogen-bond acceptors (Lipinski definition) is 2. The molecule has 3 aliphatic carbocycles. The van der Waals surface area contributed by atoms with E-state index in [-0.39, 0.29) is 0 Å². The van der Waals surface area contributed by atoms with Crippen molar-refractivity contribution in [3.8, 4) is 0 Å². The van der Waals surface area contributed by atoms with Gasteiger partial charge in [0.2, 0.25) is 0 Å². The lowest BCUT2D eigenvalue weighted by atomic mass is 9.60. The topological polar surface area (TPSA) is 26.3 Å². The van der Waals surface area contributed by atoms with Crippen LogP contribution in [-0.4, -0.2) is 20.2 Å². The van der Waals surface area contributed by atoms with Crippen molar-refractivity contribution in [1.29, 1.82) is 0 Å². The van der Waals surface area contributed by atoms with Gasteiger partial charge in [-0.05, 0) is 94.7 Å². The summed E-state index contributed by atoms with van der Waals surface area (Å²) in [6.45, 7) is 11.6. The predicted molar refractivity (Wildman–Crippen MR) is 107 cm³/mol. The zero-order valence-corrected chi connectivity index (χ0v) is 18.3. The van der Waals surface area contributed by atoms with Crippen LogP contribution in [0.25, 0.3) is 0 Å². The normalized spacial score (nSPS) is 35.5. The first kappa shape index (κ1) is 19.6. The molecule has 4 atom stereocenters. The highest BCUT2D eigenvalue weighted by Gasteiger charge is 2.61. The van der Waals surface area contributed by atoms with Gasteiger partial charge in [-0.3, -0.25) is 4.79 Å². The maximum atomic E-state index is 12.4. The Morgan fingerprint density at radius 1 is 1.16 bits per heavy atom. The number of unbranched alkanes of at least 4 members (excludes halogenated alkanes) is 1. The smallest absolute Gasteiger partial charge is 0.184 e. The Hall–Kier alpha value is -0.153. The van der Waals surface area contributed by atoms with Crippen molar-refractivity contribution in [3.05, 3.63) is 0 Å². The highest BCUT2D eigenvalue weighted by Crippen LogP contribution is 2.68. The fourth-order valence-corrected chi connectivity index (χ4v) is 7.77. The average molecular weight is 365 g/mol. The van der Waals surface area contributed by atoms with Crippen LogP contribution in [0.3, 0.4) is 0 Å². The summed E-state index contributed by atoms with van der Waals surface area (Å²) in [6.07, 6.45) is 14.3. The summed E-state index contributed by atoms with van der Waals surface area (Å²) >= 11 is 0. The summed E-state index contributed by atoms with van der Waals surface area (Å²) in [5.41, 5.74) is 0.935. The molecule has 0 saturated heterocycles. The summed E-state index contributed by atoms with van der Waals surface area (Å²) in [5, 5.41) is 0. The van der Waals surface area contributed by atoms with Crippen LogP contribution >= 0.6 is 0 Å². The molecule has 0 bridgehead atoms. The lowest BCUT2D eigenvalue weighted by Gasteiger charge is -2.43. The molecule has 144 valence electrons. The highest BCUT2D eigenvalue weighted by molar-refractivity contribution is 6.69. The van der Waals surface area contributed by atoms with Crippen molar-refractivity contribution >= 4 is 14.1 Å². The van der Waals surface area contributed by atoms with Gasteiger partial charge in [0.25, 0.3) is 0 Å².